The van der Waals surface area contributed by atoms with Gasteiger partial charge in [0, 0.05) is 0 Å². The van der Waals surface area contributed by atoms with E-state index in [9.17, 15) is 13.2 Å². The first-order chi connectivity index (χ1) is 16.1. The molecule has 0 aliphatic rings. The normalized spacial score (nSPS) is 11.4. The summed E-state index contributed by atoms with van der Waals surface area (Å²) in [6, 6.07) is 17.1. The average molecular weight is 480 g/mol. The maximum Gasteiger partial charge on any atom is 0.264 e. The molecule has 0 unspecified atom stereocenters. The van der Waals surface area contributed by atoms with Crippen molar-refractivity contribution in [2.75, 3.05) is 18.0 Å². The van der Waals surface area contributed by atoms with E-state index in [1.165, 1.54) is 24.8 Å². The zero-order valence-electron chi connectivity index (χ0n) is 20.0. The molecule has 0 saturated carbocycles. The van der Waals surface area contributed by atoms with Crippen molar-refractivity contribution in [3.05, 3.63) is 88.5 Å². The van der Waals surface area contributed by atoms with Gasteiger partial charge >= 0.3 is 0 Å². The first-order valence-electron chi connectivity index (χ1n) is 10.8. The van der Waals surface area contributed by atoms with Gasteiger partial charge < -0.3 is 4.74 Å². The van der Waals surface area contributed by atoms with Crippen LogP contribution in [-0.4, -0.2) is 34.2 Å². The van der Waals surface area contributed by atoms with Crippen LogP contribution in [-0.2, 0) is 14.8 Å². The molecule has 3 rings (SSSR count). The third-order valence-corrected chi connectivity index (χ3v) is 7.49. The number of amides is 1. The first kappa shape index (κ1) is 25.0. The maximum atomic E-state index is 13.5. The smallest absolute Gasteiger partial charge is 0.264 e. The molecule has 8 heteroatoms. The van der Waals surface area contributed by atoms with E-state index in [0.29, 0.717) is 5.75 Å². The van der Waals surface area contributed by atoms with E-state index in [1.54, 1.807) is 36.5 Å². The Kier molecular flexibility index (Phi) is 7.73. The van der Waals surface area contributed by atoms with Crippen LogP contribution in [0.15, 0.2) is 70.7 Å². The maximum absolute atomic E-state index is 13.5. The molecule has 178 valence electrons. The van der Waals surface area contributed by atoms with Gasteiger partial charge in [-0.2, -0.15) is 5.10 Å². The van der Waals surface area contributed by atoms with Gasteiger partial charge in [-0.1, -0.05) is 36.4 Å². The summed E-state index contributed by atoms with van der Waals surface area (Å²) in [5, 5.41) is 4.06. The average Bonchev–Trinajstić information content (AvgIpc) is 2.83. The third-order valence-electron chi connectivity index (χ3n) is 5.71. The number of methoxy groups -OCH3 is 1. The lowest BCUT2D eigenvalue weighted by Gasteiger charge is -2.25. The zero-order valence-corrected chi connectivity index (χ0v) is 20.8. The highest BCUT2D eigenvalue weighted by Crippen LogP contribution is 2.33. The number of ether oxygens (including phenoxy) is 1. The number of sulfonamides is 1. The van der Waals surface area contributed by atoms with Crippen LogP contribution >= 0.6 is 0 Å². The van der Waals surface area contributed by atoms with Gasteiger partial charge in [-0.15, -0.1) is 0 Å². The molecule has 0 fully saturated rings. The number of carbonyl (C=O) groups excluding carboxylic acids is 1. The molecule has 1 N–H and O–H groups in total. The standard InChI is InChI=1S/C26H29N3O4S/c1-18-11-14-25(33-5)24(15-18)29(34(31,32)23-9-7-6-8-10-23)17-26(30)28-27-16-22-13-12-19(2)20(3)21(22)4/h6-16H,17H2,1-5H3,(H,28,30)/b27-16-. The first-order valence-corrected chi connectivity index (χ1v) is 12.2. The van der Waals surface area contributed by atoms with Crippen molar-refractivity contribution in [1.82, 2.24) is 5.43 Å². The number of benzene rings is 3. The summed E-state index contributed by atoms with van der Waals surface area (Å²) in [5.41, 5.74) is 7.82. The Morgan fingerprint density at radius 1 is 1.00 bits per heavy atom. The zero-order chi connectivity index (χ0) is 24.9. The molecule has 1 amide bonds. The second-order valence-corrected chi connectivity index (χ2v) is 9.88. The van der Waals surface area contributed by atoms with E-state index in [1.807, 2.05) is 45.9 Å². The van der Waals surface area contributed by atoms with Crippen molar-refractivity contribution in [2.24, 2.45) is 5.10 Å². The molecular formula is C26H29N3O4S. The number of hydrazone groups is 1. The van der Waals surface area contributed by atoms with E-state index < -0.39 is 22.5 Å². The fourth-order valence-corrected chi connectivity index (χ4v) is 4.92. The predicted molar refractivity (Wildman–Crippen MR) is 135 cm³/mol. The lowest BCUT2D eigenvalue weighted by Crippen LogP contribution is -2.39. The molecule has 7 nitrogen and oxygen atoms in total. The number of aryl methyl sites for hydroxylation is 2. The predicted octanol–water partition coefficient (Wildman–Crippen LogP) is 4.27. The van der Waals surface area contributed by atoms with E-state index in [4.69, 9.17) is 4.74 Å². The topological polar surface area (TPSA) is 88.1 Å². The number of nitrogens with zero attached hydrogens (tertiary/aromatic N) is 2. The quantitative estimate of drug-likeness (QED) is 0.386. The molecular weight excluding hydrogens is 450 g/mol. The number of hydrogen-bond donors (Lipinski definition) is 1. The Bertz CT molecular complexity index is 1320. The Balaban J connectivity index is 1.91. The molecule has 0 aromatic heterocycles. The lowest BCUT2D eigenvalue weighted by atomic mass is 10.00. The van der Waals surface area contributed by atoms with Gasteiger partial charge in [0.25, 0.3) is 15.9 Å². The molecule has 0 saturated heterocycles. The van der Waals surface area contributed by atoms with Crippen molar-refractivity contribution >= 4 is 27.8 Å². The van der Waals surface area contributed by atoms with Gasteiger partial charge in [0.05, 0.1) is 23.9 Å². The van der Waals surface area contributed by atoms with Crippen molar-refractivity contribution in [3.63, 3.8) is 0 Å². The molecule has 0 atom stereocenters. The Morgan fingerprint density at radius 2 is 1.71 bits per heavy atom. The molecule has 0 aliphatic heterocycles. The number of carbonyl (C=O) groups is 1. The molecule has 0 heterocycles. The molecule has 0 spiro atoms. The Morgan fingerprint density at radius 3 is 2.38 bits per heavy atom. The second-order valence-electron chi connectivity index (χ2n) is 8.01. The van der Waals surface area contributed by atoms with Gasteiger partial charge in [0.2, 0.25) is 0 Å². The molecule has 0 bridgehead atoms. The number of anilines is 1. The van der Waals surface area contributed by atoms with Crippen LogP contribution in [0.4, 0.5) is 5.69 Å². The van der Waals surface area contributed by atoms with Gasteiger partial charge in [0.1, 0.15) is 12.3 Å². The molecule has 34 heavy (non-hydrogen) atoms. The van der Waals surface area contributed by atoms with Crippen LogP contribution in [0, 0.1) is 27.7 Å². The van der Waals surface area contributed by atoms with E-state index in [-0.39, 0.29) is 10.6 Å². The summed E-state index contributed by atoms with van der Waals surface area (Å²) in [7, 11) is -2.60. The van der Waals surface area contributed by atoms with E-state index in [0.717, 1.165) is 26.6 Å². The fourth-order valence-electron chi connectivity index (χ4n) is 3.47. The largest absolute Gasteiger partial charge is 0.495 e. The van der Waals surface area contributed by atoms with Gasteiger partial charge in [-0.3, -0.25) is 9.10 Å². The van der Waals surface area contributed by atoms with Crippen LogP contribution in [0.3, 0.4) is 0 Å². The Labute approximate surface area is 201 Å². The Hall–Kier alpha value is -3.65. The van der Waals surface area contributed by atoms with Crippen molar-refractivity contribution in [3.8, 4) is 5.75 Å². The van der Waals surface area contributed by atoms with Crippen LogP contribution in [0.5, 0.6) is 5.75 Å². The SMILES string of the molecule is COc1ccc(C)cc1N(CC(=O)N/N=C\c1ccc(C)c(C)c1C)S(=O)(=O)c1ccccc1. The molecule has 3 aromatic carbocycles. The highest BCUT2D eigenvalue weighted by Gasteiger charge is 2.29. The lowest BCUT2D eigenvalue weighted by molar-refractivity contribution is -0.119. The number of hydrogen-bond acceptors (Lipinski definition) is 5. The summed E-state index contributed by atoms with van der Waals surface area (Å²) < 4.78 is 33.5. The van der Waals surface area contributed by atoms with Gasteiger partial charge in [-0.25, -0.2) is 13.8 Å². The fraction of sp³-hybridized carbons (Fsp3) is 0.231. The van der Waals surface area contributed by atoms with Crippen molar-refractivity contribution in [2.45, 2.75) is 32.6 Å². The molecule has 0 radical (unpaired) electrons. The third kappa shape index (κ3) is 5.46. The second kappa shape index (κ2) is 10.5. The highest BCUT2D eigenvalue weighted by atomic mass is 32.2. The summed E-state index contributed by atoms with van der Waals surface area (Å²) in [6.07, 6.45) is 1.56. The minimum absolute atomic E-state index is 0.0700. The minimum Gasteiger partial charge on any atom is -0.495 e. The summed E-state index contributed by atoms with van der Waals surface area (Å²) in [5.74, 6) is -0.243. The summed E-state index contributed by atoms with van der Waals surface area (Å²) in [4.78, 5) is 12.9. The van der Waals surface area contributed by atoms with Crippen molar-refractivity contribution in [1.29, 1.82) is 0 Å². The van der Waals surface area contributed by atoms with E-state index >= 15 is 0 Å². The minimum atomic E-state index is -4.05. The van der Waals surface area contributed by atoms with Gasteiger partial charge in [-0.05, 0) is 79.8 Å². The summed E-state index contributed by atoms with van der Waals surface area (Å²) in [6.45, 7) is 7.42. The van der Waals surface area contributed by atoms with Crippen LogP contribution < -0.4 is 14.5 Å². The van der Waals surface area contributed by atoms with Gasteiger partial charge in [0.15, 0.2) is 0 Å². The number of rotatable bonds is 8. The van der Waals surface area contributed by atoms with Crippen LogP contribution in [0.2, 0.25) is 0 Å². The number of nitrogens with one attached hydrogen (secondary N) is 1. The monoisotopic (exact) mass is 479 g/mol. The molecule has 0 aliphatic carbocycles. The van der Waals surface area contributed by atoms with E-state index in [2.05, 4.69) is 10.5 Å². The van der Waals surface area contributed by atoms with Crippen molar-refractivity contribution < 1.29 is 17.9 Å². The molecule has 3 aromatic rings. The van der Waals surface area contributed by atoms with Crippen LogP contribution in [0.1, 0.15) is 27.8 Å². The summed E-state index contributed by atoms with van der Waals surface area (Å²) >= 11 is 0. The highest BCUT2D eigenvalue weighted by molar-refractivity contribution is 7.92. The van der Waals surface area contributed by atoms with Crippen LogP contribution in [0.25, 0.3) is 0 Å².